The molecule has 2 atom stereocenters. The van der Waals surface area contributed by atoms with Gasteiger partial charge >= 0.3 is 0 Å². The van der Waals surface area contributed by atoms with E-state index in [9.17, 15) is 5.11 Å². The lowest BCUT2D eigenvalue weighted by molar-refractivity contribution is 0.103. The van der Waals surface area contributed by atoms with Gasteiger partial charge < -0.3 is 15.2 Å². The van der Waals surface area contributed by atoms with E-state index in [0.717, 1.165) is 23.3 Å². The van der Waals surface area contributed by atoms with Gasteiger partial charge in [0.1, 0.15) is 18.5 Å². The number of aliphatic hydroxyl groups is 1. The summed E-state index contributed by atoms with van der Waals surface area (Å²) in [6, 6.07) is 6.36. The third-order valence-electron chi connectivity index (χ3n) is 3.05. The van der Waals surface area contributed by atoms with E-state index in [0.29, 0.717) is 19.2 Å². The fraction of sp³-hybridized carbons (Fsp3) is 0.500. The standard InChI is InChI=1S/C16H25NO2/c1-5-7-14(4)17-10-15(18)11-19-16-12(2)8-6-9-13(16)3/h5-6,8-9,14-15,17-18H,1,7,10-11H2,2-4H3. The van der Waals surface area contributed by atoms with Crippen LogP contribution in [0.15, 0.2) is 30.9 Å². The molecular weight excluding hydrogens is 238 g/mol. The van der Waals surface area contributed by atoms with Gasteiger partial charge in [-0.15, -0.1) is 6.58 Å². The normalized spacial score (nSPS) is 13.9. The Bertz CT molecular complexity index is 383. The van der Waals surface area contributed by atoms with Gasteiger partial charge in [-0.3, -0.25) is 0 Å². The maximum Gasteiger partial charge on any atom is 0.125 e. The summed E-state index contributed by atoms with van der Waals surface area (Å²) in [7, 11) is 0. The zero-order valence-electron chi connectivity index (χ0n) is 12.1. The first-order chi connectivity index (χ1) is 9.04. The Morgan fingerprint density at radius 2 is 2.00 bits per heavy atom. The molecule has 0 spiro atoms. The van der Waals surface area contributed by atoms with Crippen LogP contribution in [0.4, 0.5) is 0 Å². The number of rotatable bonds is 8. The molecule has 0 radical (unpaired) electrons. The molecule has 0 aliphatic heterocycles. The van der Waals surface area contributed by atoms with Gasteiger partial charge in [0.05, 0.1) is 0 Å². The van der Waals surface area contributed by atoms with Gasteiger partial charge in [0.15, 0.2) is 0 Å². The van der Waals surface area contributed by atoms with Crippen LogP contribution in [-0.4, -0.2) is 30.4 Å². The molecule has 0 saturated carbocycles. The Kier molecular flexibility index (Phi) is 6.60. The Labute approximate surface area is 116 Å². The zero-order chi connectivity index (χ0) is 14.3. The van der Waals surface area contributed by atoms with Crippen molar-refractivity contribution in [3.8, 4) is 5.75 Å². The maximum absolute atomic E-state index is 9.90. The van der Waals surface area contributed by atoms with Crippen LogP contribution in [0.25, 0.3) is 0 Å². The fourth-order valence-corrected chi connectivity index (χ4v) is 1.94. The highest BCUT2D eigenvalue weighted by molar-refractivity contribution is 5.39. The highest BCUT2D eigenvalue weighted by Crippen LogP contribution is 2.22. The van der Waals surface area contributed by atoms with Crippen molar-refractivity contribution >= 4 is 0 Å². The van der Waals surface area contributed by atoms with Crippen LogP contribution in [0, 0.1) is 13.8 Å². The summed E-state index contributed by atoms with van der Waals surface area (Å²) in [5, 5.41) is 13.1. The summed E-state index contributed by atoms with van der Waals surface area (Å²) < 4.78 is 5.71. The van der Waals surface area contributed by atoms with E-state index in [2.05, 4.69) is 18.8 Å². The molecule has 0 aliphatic rings. The van der Waals surface area contributed by atoms with Crippen LogP contribution in [-0.2, 0) is 0 Å². The molecule has 0 heterocycles. The first-order valence-corrected chi connectivity index (χ1v) is 6.76. The zero-order valence-corrected chi connectivity index (χ0v) is 12.1. The second kappa shape index (κ2) is 7.97. The van der Waals surface area contributed by atoms with Crippen LogP contribution < -0.4 is 10.1 Å². The first kappa shape index (κ1) is 15.7. The summed E-state index contributed by atoms with van der Waals surface area (Å²) in [4.78, 5) is 0. The van der Waals surface area contributed by atoms with Gasteiger partial charge in [-0.2, -0.15) is 0 Å². The number of hydrogen-bond donors (Lipinski definition) is 2. The third kappa shape index (κ3) is 5.45. The van der Waals surface area contributed by atoms with E-state index in [1.165, 1.54) is 0 Å². The lowest BCUT2D eigenvalue weighted by Gasteiger charge is -2.18. The van der Waals surface area contributed by atoms with Crippen molar-refractivity contribution < 1.29 is 9.84 Å². The minimum Gasteiger partial charge on any atom is -0.490 e. The third-order valence-corrected chi connectivity index (χ3v) is 3.05. The molecule has 2 unspecified atom stereocenters. The van der Waals surface area contributed by atoms with Crippen LogP contribution in [0.5, 0.6) is 5.75 Å². The Morgan fingerprint density at radius 1 is 1.37 bits per heavy atom. The van der Waals surface area contributed by atoms with Crippen molar-refractivity contribution in [2.24, 2.45) is 0 Å². The molecular formula is C16H25NO2. The number of benzene rings is 1. The molecule has 0 aromatic heterocycles. The van der Waals surface area contributed by atoms with Crippen molar-refractivity contribution in [1.82, 2.24) is 5.32 Å². The monoisotopic (exact) mass is 263 g/mol. The van der Waals surface area contributed by atoms with Gasteiger partial charge in [0.25, 0.3) is 0 Å². The summed E-state index contributed by atoms with van der Waals surface area (Å²) in [6.45, 7) is 10.6. The molecule has 0 saturated heterocycles. The smallest absolute Gasteiger partial charge is 0.125 e. The minimum absolute atomic E-state index is 0.305. The van der Waals surface area contributed by atoms with E-state index in [-0.39, 0.29) is 0 Å². The van der Waals surface area contributed by atoms with E-state index < -0.39 is 6.10 Å². The van der Waals surface area contributed by atoms with Gasteiger partial charge in [-0.1, -0.05) is 24.3 Å². The van der Waals surface area contributed by atoms with Crippen LogP contribution in [0.2, 0.25) is 0 Å². The number of aliphatic hydroxyl groups excluding tert-OH is 1. The number of hydrogen-bond acceptors (Lipinski definition) is 3. The Hall–Kier alpha value is -1.32. The predicted octanol–water partition coefficient (Wildman–Crippen LogP) is 2.60. The average Bonchev–Trinajstić information content (AvgIpc) is 2.36. The van der Waals surface area contributed by atoms with Crippen molar-refractivity contribution in [2.45, 2.75) is 39.3 Å². The van der Waals surface area contributed by atoms with Gasteiger partial charge in [0, 0.05) is 12.6 Å². The van der Waals surface area contributed by atoms with Gasteiger partial charge in [0.2, 0.25) is 0 Å². The van der Waals surface area contributed by atoms with Gasteiger partial charge in [-0.25, -0.2) is 0 Å². The topological polar surface area (TPSA) is 41.5 Å². The van der Waals surface area contributed by atoms with Crippen LogP contribution in [0.3, 0.4) is 0 Å². The number of ether oxygens (including phenoxy) is 1. The van der Waals surface area contributed by atoms with E-state index in [1.54, 1.807) is 0 Å². The molecule has 0 fully saturated rings. The lowest BCUT2D eigenvalue weighted by atomic mass is 10.1. The summed E-state index contributed by atoms with van der Waals surface area (Å²) in [6.07, 6.45) is 2.26. The molecule has 19 heavy (non-hydrogen) atoms. The molecule has 1 aromatic rings. The molecule has 3 nitrogen and oxygen atoms in total. The summed E-state index contributed by atoms with van der Waals surface area (Å²) >= 11 is 0. The van der Waals surface area contributed by atoms with Crippen molar-refractivity contribution in [1.29, 1.82) is 0 Å². The van der Waals surface area contributed by atoms with Crippen LogP contribution >= 0.6 is 0 Å². The summed E-state index contributed by atoms with van der Waals surface area (Å²) in [5.74, 6) is 0.876. The van der Waals surface area contributed by atoms with Crippen LogP contribution in [0.1, 0.15) is 24.5 Å². The highest BCUT2D eigenvalue weighted by Gasteiger charge is 2.09. The summed E-state index contributed by atoms with van der Waals surface area (Å²) in [5.41, 5.74) is 2.19. The van der Waals surface area contributed by atoms with Crippen molar-refractivity contribution in [3.63, 3.8) is 0 Å². The SMILES string of the molecule is C=CCC(C)NCC(O)COc1c(C)cccc1C. The molecule has 0 aliphatic carbocycles. The number of aryl methyl sites for hydroxylation is 2. The molecule has 0 bridgehead atoms. The first-order valence-electron chi connectivity index (χ1n) is 6.76. The second-order valence-corrected chi connectivity index (χ2v) is 5.02. The van der Waals surface area contributed by atoms with E-state index >= 15 is 0 Å². The molecule has 0 amide bonds. The fourth-order valence-electron chi connectivity index (χ4n) is 1.94. The molecule has 106 valence electrons. The molecule has 2 N–H and O–H groups in total. The number of nitrogens with one attached hydrogen (secondary N) is 1. The van der Waals surface area contributed by atoms with E-state index in [1.807, 2.05) is 38.1 Å². The molecule has 1 aromatic carbocycles. The minimum atomic E-state index is -0.508. The largest absolute Gasteiger partial charge is 0.490 e. The molecule has 1 rings (SSSR count). The average molecular weight is 263 g/mol. The maximum atomic E-state index is 9.90. The second-order valence-electron chi connectivity index (χ2n) is 5.02. The molecule has 3 heteroatoms. The Balaban J connectivity index is 2.37. The predicted molar refractivity (Wildman–Crippen MR) is 79.7 cm³/mol. The number of para-hydroxylation sites is 1. The van der Waals surface area contributed by atoms with E-state index in [4.69, 9.17) is 4.74 Å². The Morgan fingerprint density at radius 3 is 2.58 bits per heavy atom. The lowest BCUT2D eigenvalue weighted by Crippen LogP contribution is -2.36. The highest BCUT2D eigenvalue weighted by atomic mass is 16.5. The quantitative estimate of drug-likeness (QED) is 0.708. The van der Waals surface area contributed by atoms with Crippen molar-refractivity contribution in [2.75, 3.05) is 13.2 Å². The van der Waals surface area contributed by atoms with Crippen molar-refractivity contribution in [3.05, 3.63) is 42.0 Å². The van der Waals surface area contributed by atoms with Gasteiger partial charge in [-0.05, 0) is 38.3 Å².